The number of hydrogen-bond donors (Lipinski definition) is 2. The van der Waals surface area contributed by atoms with Crippen LogP contribution in [0.1, 0.15) is 19.4 Å². The van der Waals surface area contributed by atoms with Gasteiger partial charge in [-0.2, -0.15) is 0 Å². The molecule has 0 heterocycles. The van der Waals surface area contributed by atoms with Crippen LogP contribution in [0.3, 0.4) is 0 Å². The lowest BCUT2D eigenvalue weighted by Gasteiger charge is -2.10. The Morgan fingerprint density at radius 1 is 1.33 bits per heavy atom. The van der Waals surface area contributed by atoms with Crippen molar-refractivity contribution in [3.05, 3.63) is 29.3 Å². The highest BCUT2D eigenvalue weighted by molar-refractivity contribution is 7.99. The number of nitrogens with one attached hydrogen (secondary N) is 1. The van der Waals surface area contributed by atoms with Crippen molar-refractivity contribution < 1.29 is 13.9 Å². The predicted molar refractivity (Wildman–Crippen MR) is 70.7 cm³/mol. The molecule has 0 aliphatic carbocycles. The van der Waals surface area contributed by atoms with Crippen LogP contribution >= 0.6 is 11.8 Å². The summed E-state index contributed by atoms with van der Waals surface area (Å²) in [6.45, 7) is 5.01. The Kier molecular flexibility index (Phi) is 6.60. The van der Waals surface area contributed by atoms with Gasteiger partial charge in [-0.1, -0.05) is 13.8 Å². The fraction of sp³-hybridized carbons (Fsp3) is 0.538. The highest BCUT2D eigenvalue weighted by atomic mass is 32.2. The van der Waals surface area contributed by atoms with Gasteiger partial charge in [0.2, 0.25) is 0 Å². The third kappa shape index (κ3) is 4.55. The van der Waals surface area contributed by atoms with Gasteiger partial charge in [0.05, 0.1) is 4.90 Å². The van der Waals surface area contributed by atoms with Crippen LogP contribution < -0.4 is 5.32 Å². The molecule has 0 aliphatic heterocycles. The summed E-state index contributed by atoms with van der Waals surface area (Å²) in [4.78, 5) is 0.0375. The van der Waals surface area contributed by atoms with Gasteiger partial charge < -0.3 is 10.4 Å². The first kappa shape index (κ1) is 15.4. The molecule has 0 fully saturated rings. The van der Waals surface area contributed by atoms with Crippen LogP contribution in [0.2, 0.25) is 0 Å². The Morgan fingerprint density at radius 2 is 1.94 bits per heavy atom. The van der Waals surface area contributed by atoms with Gasteiger partial charge in [0.1, 0.15) is 11.6 Å². The second-order valence-corrected chi connectivity index (χ2v) is 5.30. The molecule has 1 aromatic rings. The molecule has 102 valence electrons. The van der Waals surface area contributed by atoms with E-state index in [1.807, 2.05) is 13.8 Å². The van der Waals surface area contributed by atoms with Crippen molar-refractivity contribution >= 4 is 11.8 Å². The van der Waals surface area contributed by atoms with E-state index < -0.39 is 11.6 Å². The minimum Gasteiger partial charge on any atom is -0.396 e. The van der Waals surface area contributed by atoms with E-state index in [0.29, 0.717) is 17.9 Å². The maximum absolute atomic E-state index is 13.7. The number of thioether (sulfide) groups is 1. The summed E-state index contributed by atoms with van der Waals surface area (Å²) in [5, 5.41) is 11.9. The van der Waals surface area contributed by atoms with Crippen molar-refractivity contribution in [3.63, 3.8) is 0 Å². The third-order valence-corrected chi connectivity index (χ3v) is 3.88. The molecule has 0 amide bonds. The molecular weight excluding hydrogens is 256 g/mol. The van der Waals surface area contributed by atoms with Crippen LogP contribution in [0.5, 0.6) is 0 Å². The molecule has 2 N–H and O–H groups in total. The summed E-state index contributed by atoms with van der Waals surface area (Å²) < 4.78 is 27.5. The Labute approximate surface area is 111 Å². The van der Waals surface area contributed by atoms with Crippen LogP contribution in [-0.2, 0) is 6.54 Å². The number of hydrogen-bond acceptors (Lipinski definition) is 3. The Balaban J connectivity index is 2.74. The number of halogens is 2. The molecule has 18 heavy (non-hydrogen) atoms. The molecule has 0 bridgehead atoms. The fourth-order valence-electron chi connectivity index (χ4n) is 1.40. The van der Waals surface area contributed by atoms with Gasteiger partial charge in [0, 0.05) is 18.9 Å². The normalized spacial score (nSPS) is 12.7. The zero-order chi connectivity index (χ0) is 13.5. The highest BCUT2D eigenvalue weighted by Crippen LogP contribution is 2.28. The van der Waals surface area contributed by atoms with Crippen molar-refractivity contribution in [2.45, 2.75) is 25.3 Å². The van der Waals surface area contributed by atoms with Crippen molar-refractivity contribution in [2.75, 3.05) is 18.9 Å². The topological polar surface area (TPSA) is 32.3 Å². The molecule has 0 radical (unpaired) electrons. The van der Waals surface area contributed by atoms with Gasteiger partial charge in [-0.25, -0.2) is 8.78 Å². The fourth-order valence-corrected chi connectivity index (χ4v) is 2.35. The summed E-state index contributed by atoms with van der Waals surface area (Å²) in [7, 11) is 0. The maximum Gasteiger partial charge on any atom is 0.140 e. The minimum absolute atomic E-state index is 0.0226. The van der Waals surface area contributed by atoms with E-state index in [-0.39, 0.29) is 17.4 Å². The second kappa shape index (κ2) is 7.71. The Morgan fingerprint density at radius 3 is 2.44 bits per heavy atom. The maximum atomic E-state index is 13.7. The average molecular weight is 275 g/mol. The molecular formula is C13H19F2NOS. The van der Waals surface area contributed by atoms with E-state index in [1.54, 1.807) is 0 Å². The van der Waals surface area contributed by atoms with Gasteiger partial charge in [0.15, 0.2) is 0 Å². The monoisotopic (exact) mass is 275 g/mol. The van der Waals surface area contributed by atoms with Gasteiger partial charge in [-0.15, -0.1) is 11.8 Å². The highest BCUT2D eigenvalue weighted by Gasteiger charge is 2.13. The first-order chi connectivity index (χ1) is 8.58. The van der Waals surface area contributed by atoms with E-state index in [9.17, 15) is 8.78 Å². The zero-order valence-corrected chi connectivity index (χ0v) is 11.5. The van der Waals surface area contributed by atoms with E-state index in [0.717, 1.165) is 18.3 Å². The number of aliphatic hydroxyl groups is 1. The van der Waals surface area contributed by atoms with Crippen LogP contribution in [0, 0.1) is 17.6 Å². The number of aliphatic hydroxyl groups excluding tert-OH is 1. The quantitative estimate of drug-likeness (QED) is 0.751. The molecule has 5 heteroatoms. The summed E-state index contributed by atoms with van der Waals surface area (Å²) in [6, 6.07) is 2.72. The van der Waals surface area contributed by atoms with Crippen LogP contribution in [0.15, 0.2) is 17.0 Å². The lowest BCUT2D eigenvalue weighted by atomic mass is 10.2. The van der Waals surface area contributed by atoms with Crippen LogP contribution in [-0.4, -0.2) is 24.0 Å². The Bertz CT molecular complexity index is 364. The van der Waals surface area contributed by atoms with Crippen LogP contribution in [0.25, 0.3) is 0 Å². The molecule has 0 aromatic heterocycles. The van der Waals surface area contributed by atoms with E-state index in [1.165, 1.54) is 12.1 Å². The summed E-state index contributed by atoms with van der Waals surface area (Å²) in [5.41, 5.74) is 0.603. The van der Waals surface area contributed by atoms with E-state index >= 15 is 0 Å². The molecule has 1 atom stereocenters. The van der Waals surface area contributed by atoms with E-state index in [4.69, 9.17) is 5.11 Å². The van der Waals surface area contributed by atoms with Gasteiger partial charge in [-0.3, -0.25) is 0 Å². The smallest absolute Gasteiger partial charge is 0.140 e. The molecule has 0 spiro atoms. The lowest BCUT2D eigenvalue weighted by Crippen LogP contribution is -2.12. The van der Waals surface area contributed by atoms with Crippen LogP contribution in [0.4, 0.5) is 8.78 Å². The number of benzene rings is 1. The van der Waals surface area contributed by atoms with E-state index in [2.05, 4.69) is 5.32 Å². The standard InChI is InChI=1S/C13H19F2NOS/c1-3-16-6-10-4-11(14)13(12(15)5-10)18-8-9(2)7-17/h4-5,9,16-17H,3,6-8H2,1-2H3. The van der Waals surface area contributed by atoms with Crippen molar-refractivity contribution in [1.82, 2.24) is 5.32 Å². The second-order valence-electron chi connectivity index (χ2n) is 4.27. The SMILES string of the molecule is CCNCc1cc(F)c(SCC(C)CO)c(F)c1. The molecule has 0 saturated carbocycles. The average Bonchev–Trinajstić information content (AvgIpc) is 2.34. The van der Waals surface area contributed by atoms with Crippen molar-refractivity contribution in [3.8, 4) is 0 Å². The summed E-state index contributed by atoms with van der Waals surface area (Å²) in [5.74, 6) is -0.539. The van der Waals surface area contributed by atoms with Crippen molar-refractivity contribution in [1.29, 1.82) is 0 Å². The van der Waals surface area contributed by atoms with Gasteiger partial charge >= 0.3 is 0 Å². The number of rotatable bonds is 7. The molecule has 1 rings (SSSR count). The summed E-state index contributed by atoms with van der Waals surface area (Å²) >= 11 is 1.11. The molecule has 1 aromatic carbocycles. The van der Waals surface area contributed by atoms with Gasteiger partial charge in [0.25, 0.3) is 0 Å². The predicted octanol–water partition coefficient (Wildman–Crippen LogP) is 2.79. The molecule has 2 nitrogen and oxygen atoms in total. The first-order valence-corrected chi connectivity index (χ1v) is 6.99. The lowest BCUT2D eigenvalue weighted by molar-refractivity contribution is 0.250. The van der Waals surface area contributed by atoms with Crippen molar-refractivity contribution in [2.24, 2.45) is 5.92 Å². The first-order valence-electron chi connectivity index (χ1n) is 6.00. The Hall–Kier alpha value is -0.650. The third-order valence-electron chi connectivity index (χ3n) is 2.46. The van der Waals surface area contributed by atoms with Gasteiger partial charge in [-0.05, 0) is 30.2 Å². The molecule has 1 unspecified atom stereocenters. The largest absolute Gasteiger partial charge is 0.396 e. The molecule has 0 saturated heterocycles. The minimum atomic E-state index is -0.530. The molecule has 0 aliphatic rings. The summed E-state index contributed by atoms with van der Waals surface area (Å²) in [6.07, 6.45) is 0. The zero-order valence-electron chi connectivity index (χ0n) is 10.7.